The van der Waals surface area contributed by atoms with Crippen molar-refractivity contribution in [2.45, 2.75) is 25.3 Å². The number of piperidine rings is 1. The van der Waals surface area contributed by atoms with Crippen molar-refractivity contribution in [3.8, 4) is 5.75 Å². The molecular weight excluding hydrogens is 341 g/mol. The number of hydrogen-bond donors (Lipinski definition) is 2. The van der Waals surface area contributed by atoms with Crippen molar-refractivity contribution in [1.29, 1.82) is 0 Å². The summed E-state index contributed by atoms with van der Waals surface area (Å²) in [5, 5.41) is 12.1. The van der Waals surface area contributed by atoms with Gasteiger partial charge in [-0.2, -0.15) is 0 Å². The van der Waals surface area contributed by atoms with Crippen LogP contribution in [0.25, 0.3) is 0 Å². The minimum atomic E-state index is -0.731. The number of aromatic hydroxyl groups is 1. The van der Waals surface area contributed by atoms with Crippen molar-refractivity contribution >= 4 is 11.9 Å². The standard InChI is InChI=1S/C18H24FN3O4/c19-15-11-13(1-2-16(15)23)12-17(24)20-14-3-5-21(6-4-14)18(25)22-7-9-26-10-8-22/h1-2,11,14,23H,3-10,12H2,(H,20,24). The summed E-state index contributed by atoms with van der Waals surface area (Å²) in [6.07, 6.45) is 1.46. The highest BCUT2D eigenvalue weighted by molar-refractivity contribution is 5.79. The molecule has 2 heterocycles. The number of nitrogens with zero attached hydrogens (tertiary/aromatic N) is 2. The van der Waals surface area contributed by atoms with E-state index in [9.17, 15) is 19.1 Å². The highest BCUT2D eigenvalue weighted by atomic mass is 19.1. The molecule has 2 aliphatic rings. The molecule has 2 aliphatic heterocycles. The Morgan fingerprint density at radius 1 is 1.15 bits per heavy atom. The molecule has 0 aromatic heterocycles. The van der Waals surface area contributed by atoms with Crippen LogP contribution in [0.4, 0.5) is 9.18 Å². The molecule has 7 nitrogen and oxygen atoms in total. The molecule has 1 aromatic rings. The number of carbonyl (C=O) groups is 2. The van der Waals surface area contributed by atoms with Crippen LogP contribution in [0.3, 0.4) is 0 Å². The van der Waals surface area contributed by atoms with Crippen molar-refractivity contribution < 1.29 is 23.8 Å². The number of halogens is 1. The van der Waals surface area contributed by atoms with Crippen LogP contribution in [-0.2, 0) is 16.0 Å². The lowest BCUT2D eigenvalue weighted by Crippen LogP contribution is -2.52. The Morgan fingerprint density at radius 3 is 2.46 bits per heavy atom. The number of morpholine rings is 1. The third kappa shape index (κ3) is 4.63. The zero-order valence-corrected chi connectivity index (χ0v) is 14.6. The Hall–Kier alpha value is -2.35. The van der Waals surface area contributed by atoms with Crippen molar-refractivity contribution in [2.24, 2.45) is 0 Å². The molecule has 0 unspecified atom stereocenters. The van der Waals surface area contributed by atoms with E-state index in [1.54, 1.807) is 0 Å². The van der Waals surface area contributed by atoms with Gasteiger partial charge in [0.1, 0.15) is 0 Å². The van der Waals surface area contributed by atoms with Crippen molar-refractivity contribution in [3.05, 3.63) is 29.6 Å². The molecule has 0 saturated carbocycles. The molecule has 3 rings (SSSR count). The lowest BCUT2D eigenvalue weighted by molar-refractivity contribution is -0.121. The molecule has 2 N–H and O–H groups in total. The average molecular weight is 365 g/mol. The van der Waals surface area contributed by atoms with Gasteiger partial charge in [-0.25, -0.2) is 9.18 Å². The maximum Gasteiger partial charge on any atom is 0.320 e. The van der Waals surface area contributed by atoms with Gasteiger partial charge in [-0.1, -0.05) is 6.07 Å². The van der Waals surface area contributed by atoms with Crippen LogP contribution in [-0.4, -0.2) is 72.3 Å². The normalized spacial score (nSPS) is 18.7. The molecule has 1 aromatic carbocycles. The van der Waals surface area contributed by atoms with E-state index in [-0.39, 0.29) is 24.4 Å². The number of phenolic OH excluding ortho intramolecular Hbond substituents is 1. The lowest BCUT2D eigenvalue weighted by atomic mass is 10.0. The predicted octanol–water partition coefficient (Wildman–Crippen LogP) is 1.11. The summed E-state index contributed by atoms with van der Waals surface area (Å²) >= 11 is 0. The predicted molar refractivity (Wildman–Crippen MR) is 92.3 cm³/mol. The van der Waals surface area contributed by atoms with Crippen molar-refractivity contribution in [1.82, 2.24) is 15.1 Å². The quantitative estimate of drug-likeness (QED) is 0.841. The molecule has 8 heteroatoms. The van der Waals surface area contributed by atoms with E-state index in [0.717, 1.165) is 0 Å². The van der Waals surface area contributed by atoms with Crippen LogP contribution in [0, 0.1) is 5.82 Å². The fourth-order valence-electron chi connectivity index (χ4n) is 3.29. The van der Waals surface area contributed by atoms with Crippen LogP contribution >= 0.6 is 0 Å². The van der Waals surface area contributed by atoms with E-state index >= 15 is 0 Å². The number of urea groups is 1. The highest BCUT2D eigenvalue weighted by Crippen LogP contribution is 2.17. The average Bonchev–Trinajstić information content (AvgIpc) is 2.65. The fraction of sp³-hybridized carbons (Fsp3) is 0.556. The van der Waals surface area contributed by atoms with Crippen LogP contribution in [0.5, 0.6) is 5.75 Å². The van der Waals surface area contributed by atoms with Gasteiger partial charge < -0.3 is 25.0 Å². The van der Waals surface area contributed by atoms with E-state index < -0.39 is 11.6 Å². The van der Waals surface area contributed by atoms with Gasteiger partial charge in [0.15, 0.2) is 11.6 Å². The summed E-state index contributed by atoms with van der Waals surface area (Å²) in [4.78, 5) is 28.2. The molecule has 26 heavy (non-hydrogen) atoms. The van der Waals surface area contributed by atoms with Gasteiger partial charge in [-0.15, -0.1) is 0 Å². The van der Waals surface area contributed by atoms with Gasteiger partial charge in [0.25, 0.3) is 0 Å². The first-order chi connectivity index (χ1) is 12.5. The zero-order valence-electron chi connectivity index (χ0n) is 14.6. The van der Waals surface area contributed by atoms with E-state index in [2.05, 4.69) is 5.32 Å². The van der Waals surface area contributed by atoms with Crippen molar-refractivity contribution in [3.63, 3.8) is 0 Å². The molecule has 0 bridgehead atoms. The van der Waals surface area contributed by atoms with Crippen LogP contribution < -0.4 is 5.32 Å². The van der Waals surface area contributed by atoms with Crippen LogP contribution in [0.15, 0.2) is 18.2 Å². The Balaban J connectivity index is 1.43. The molecule has 142 valence electrons. The lowest BCUT2D eigenvalue weighted by Gasteiger charge is -2.37. The molecule has 3 amide bonds. The zero-order chi connectivity index (χ0) is 18.5. The van der Waals surface area contributed by atoms with Gasteiger partial charge >= 0.3 is 6.03 Å². The molecule has 0 radical (unpaired) electrons. The number of nitrogens with one attached hydrogen (secondary N) is 1. The van der Waals surface area contributed by atoms with Crippen LogP contribution in [0.2, 0.25) is 0 Å². The minimum absolute atomic E-state index is 0.0122. The fourth-order valence-corrected chi connectivity index (χ4v) is 3.29. The smallest absolute Gasteiger partial charge is 0.320 e. The molecule has 0 spiro atoms. The second kappa shape index (κ2) is 8.35. The monoisotopic (exact) mass is 365 g/mol. The van der Waals surface area contributed by atoms with E-state index in [1.165, 1.54) is 18.2 Å². The Morgan fingerprint density at radius 2 is 1.81 bits per heavy atom. The first kappa shape index (κ1) is 18.4. The van der Waals surface area contributed by atoms with Gasteiger partial charge in [-0.05, 0) is 30.5 Å². The summed E-state index contributed by atoms with van der Waals surface area (Å²) in [7, 11) is 0. The Labute approximate surface area is 151 Å². The minimum Gasteiger partial charge on any atom is -0.505 e. The first-order valence-corrected chi connectivity index (χ1v) is 8.91. The van der Waals surface area contributed by atoms with E-state index in [0.29, 0.717) is 57.8 Å². The number of rotatable bonds is 3. The second-order valence-corrected chi connectivity index (χ2v) is 6.67. The third-order valence-corrected chi connectivity index (χ3v) is 4.79. The Bertz CT molecular complexity index is 656. The molecule has 0 aliphatic carbocycles. The molecular formula is C18H24FN3O4. The topological polar surface area (TPSA) is 82.1 Å². The second-order valence-electron chi connectivity index (χ2n) is 6.67. The number of benzene rings is 1. The number of amides is 3. The molecule has 2 fully saturated rings. The van der Waals surface area contributed by atoms with Gasteiger partial charge in [0.05, 0.1) is 19.6 Å². The highest BCUT2D eigenvalue weighted by Gasteiger charge is 2.27. The van der Waals surface area contributed by atoms with E-state index in [1.807, 2.05) is 9.80 Å². The number of phenols is 1. The summed E-state index contributed by atoms with van der Waals surface area (Å²) < 4.78 is 18.6. The van der Waals surface area contributed by atoms with Gasteiger partial charge in [0.2, 0.25) is 5.91 Å². The molecule has 2 saturated heterocycles. The van der Waals surface area contributed by atoms with Gasteiger partial charge in [-0.3, -0.25) is 4.79 Å². The number of carbonyl (C=O) groups excluding carboxylic acids is 2. The summed E-state index contributed by atoms with van der Waals surface area (Å²) in [5.41, 5.74) is 0.512. The van der Waals surface area contributed by atoms with Crippen LogP contribution in [0.1, 0.15) is 18.4 Å². The first-order valence-electron chi connectivity index (χ1n) is 8.91. The maximum atomic E-state index is 13.3. The van der Waals surface area contributed by atoms with Crippen molar-refractivity contribution in [2.75, 3.05) is 39.4 Å². The van der Waals surface area contributed by atoms with Gasteiger partial charge in [0, 0.05) is 32.2 Å². The summed E-state index contributed by atoms with van der Waals surface area (Å²) in [6, 6.07) is 3.99. The summed E-state index contributed by atoms with van der Waals surface area (Å²) in [6.45, 7) is 3.62. The largest absolute Gasteiger partial charge is 0.505 e. The third-order valence-electron chi connectivity index (χ3n) is 4.79. The number of hydrogen-bond acceptors (Lipinski definition) is 4. The summed E-state index contributed by atoms with van der Waals surface area (Å²) in [5.74, 6) is -1.34. The van der Waals surface area contributed by atoms with E-state index in [4.69, 9.17) is 4.74 Å². The SMILES string of the molecule is O=C(Cc1ccc(O)c(F)c1)NC1CCN(C(=O)N2CCOCC2)CC1. The number of ether oxygens (including phenoxy) is 1. The Kier molecular flexibility index (Phi) is 5.92. The molecule has 0 atom stereocenters. The number of likely N-dealkylation sites (tertiary alicyclic amines) is 1. The maximum absolute atomic E-state index is 13.3.